The van der Waals surface area contributed by atoms with Crippen molar-refractivity contribution in [3.05, 3.63) is 126 Å². The van der Waals surface area contributed by atoms with Crippen LogP contribution in [0.5, 0.6) is 0 Å². The summed E-state index contributed by atoms with van der Waals surface area (Å²) in [5.41, 5.74) is 14.0. The number of hydrogen-bond acceptors (Lipinski definition) is 0. The lowest BCUT2D eigenvalue weighted by molar-refractivity contribution is 1.25. The molecule has 7 aromatic rings. The van der Waals surface area contributed by atoms with E-state index in [1.54, 1.807) is 0 Å². The number of rotatable bonds is 0. The van der Waals surface area contributed by atoms with E-state index in [2.05, 4.69) is 108 Å². The molecule has 0 radical (unpaired) electrons. The lowest BCUT2D eigenvalue weighted by Crippen LogP contribution is -1.93. The maximum absolute atomic E-state index is 2.49. The van der Waals surface area contributed by atoms with E-state index in [-0.39, 0.29) is 0 Å². The molecule has 0 unspecified atom stereocenters. The lowest BCUT2D eigenvalue weighted by atomic mass is 9.95. The molecular weight excluding hydrogens is 422 g/mol. The fraction of sp³-hybridized carbons (Fsp3) is 0.0588. The van der Waals surface area contributed by atoms with Crippen molar-refractivity contribution in [2.75, 3.05) is 0 Å². The van der Waals surface area contributed by atoms with Gasteiger partial charge in [-0.1, -0.05) is 72.8 Å². The van der Waals surface area contributed by atoms with Crippen LogP contribution >= 0.6 is 0 Å². The van der Waals surface area contributed by atoms with Gasteiger partial charge in [-0.05, 0) is 87.0 Å². The third-order valence-electron chi connectivity index (χ3n) is 8.37. The maximum atomic E-state index is 2.49. The summed E-state index contributed by atoms with van der Waals surface area (Å²) in [6, 6.07) is 36.5. The molecule has 9 rings (SSSR count). The van der Waals surface area contributed by atoms with Crippen molar-refractivity contribution >= 4 is 38.0 Å². The largest absolute Gasteiger partial charge is 0.315 e. The van der Waals surface area contributed by atoms with Crippen LogP contribution in [0.2, 0.25) is 0 Å². The Labute approximate surface area is 202 Å². The molecule has 2 aromatic heterocycles. The molecule has 2 heterocycles. The Bertz CT molecular complexity index is 2050. The fourth-order valence-electron chi connectivity index (χ4n) is 6.81. The van der Waals surface area contributed by atoms with Gasteiger partial charge in [0.15, 0.2) is 0 Å². The topological polar surface area (TPSA) is 4.41 Å². The van der Waals surface area contributed by atoms with E-state index in [0.29, 0.717) is 0 Å². The second-order valence-corrected chi connectivity index (χ2v) is 10.2. The highest BCUT2D eigenvalue weighted by molar-refractivity contribution is 6.21. The molecule has 2 aliphatic carbocycles. The Morgan fingerprint density at radius 3 is 1.86 bits per heavy atom. The fourth-order valence-corrected chi connectivity index (χ4v) is 6.81. The van der Waals surface area contributed by atoms with E-state index in [9.17, 15) is 0 Å². The van der Waals surface area contributed by atoms with Gasteiger partial charge in [-0.25, -0.2) is 0 Å². The summed E-state index contributed by atoms with van der Waals surface area (Å²) in [4.78, 5) is 0. The smallest absolute Gasteiger partial charge is 0.0613 e. The minimum absolute atomic E-state index is 1.02. The van der Waals surface area contributed by atoms with Crippen LogP contribution in [0.1, 0.15) is 22.3 Å². The Morgan fingerprint density at radius 1 is 0.457 bits per heavy atom. The molecule has 0 atom stereocenters. The van der Waals surface area contributed by atoms with Gasteiger partial charge in [-0.2, -0.15) is 0 Å². The normalized spacial score (nSPS) is 13.5. The molecule has 0 saturated carbocycles. The zero-order chi connectivity index (χ0) is 22.7. The molecule has 0 spiro atoms. The van der Waals surface area contributed by atoms with Crippen LogP contribution in [0.15, 0.2) is 103 Å². The second kappa shape index (κ2) is 6.20. The monoisotopic (exact) mass is 443 g/mol. The average Bonchev–Trinajstić information content (AvgIpc) is 3.57. The summed E-state index contributed by atoms with van der Waals surface area (Å²) in [5, 5.41) is 6.71. The summed E-state index contributed by atoms with van der Waals surface area (Å²) in [6.45, 7) is 0. The molecule has 5 aromatic carbocycles. The van der Waals surface area contributed by atoms with Crippen LogP contribution in [0.3, 0.4) is 0 Å². The van der Waals surface area contributed by atoms with Crippen LogP contribution in [0, 0.1) is 0 Å². The van der Waals surface area contributed by atoms with Gasteiger partial charge in [0.25, 0.3) is 0 Å². The molecular formula is C34H21N. The van der Waals surface area contributed by atoms with Gasteiger partial charge >= 0.3 is 0 Å². The van der Waals surface area contributed by atoms with Crippen LogP contribution in [0.4, 0.5) is 0 Å². The first-order valence-corrected chi connectivity index (χ1v) is 12.4. The van der Waals surface area contributed by atoms with Crippen molar-refractivity contribution in [1.82, 2.24) is 4.40 Å². The Hall–Kier alpha value is -4.36. The van der Waals surface area contributed by atoms with E-state index in [4.69, 9.17) is 0 Å². The maximum Gasteiger partial charge on any atom is 0.0613 e. The van der Waals surface area contributed by atoms with Crippen LogP contribution in [0.25, 0.3) is 60.2 Å². The van der Waals surface area contributed by atoms with E-state index in [1.165, 1.54) is 82.5 Å². The molecule has 0 N–H and O–H groups in total. The Balaban J connectivity index is 1.49. The molecule has 0 bridgehead atoms. The first-order valence-electron chi connectivity index (χ1n) is 12.4. The Morgan fingerprint density at radius 2 is 1.09 bits per heavy atom. The standard InChI is InChI=1S/C34H21N/c1-4-10-25-20(7-1)13-23-15-30-31-16-24-14-21-8-2-5-11-26(21)29(24)18-33(31)35-19-22-9-3-6-12-27(22)34(35)32(30)17-28(23)25/h1-12,15-19H,13-14H2. The molecule has 0 aliphatic heterocycles. The Kier molecular flexibility index (Phi) is 3.19. The van der Waals surface area contributed by atoms with Crippen molar-refractivity contribution in [3.8, 4) is 22.3 Å². The van der Waals surface area contributed by atoms with Gasteiger partial charge in [0, 0.05) is 27.7 Å². The van der Waals surface area contributed by atoms with Crippen LogP contribution in [-0.4, -0.2) is 4.40 Å². The van der Waals surface area contributed by atoms with Crippen molar-refractivity contribution in [2.45, 2.75) is 12.8 Å². The van der Waals surface area contributed by atoms with Crippen molar-refractivity contribution < 1.29 is 0 Å². The summed E-state index contributed by atoms with van der Waals surface area (Å²) in [6.07, 6.45) is 4.37. The molecule has 2 aliphatic rings. The van der Waals surface area contributed by atoms with Gasteiger partial charge < -0.3 is 4.40 Å². The zero-order valence-electron chi connectivity index (χ0n) is 19.2. The number of nitrogens with zero attached hydrogens (tertiary/aromatic N) is 1. The first-order chi connectivity index (χ1) is 17.3. The summed E-state index contributed by atoms with van der Waals surface area (Å²) >= 11 is 0. The van der Waals surface area contributed by atoms with Gasteiger partial charge in [0.05, 0.1) is 11.0 Å². The molecule has 162 valence electrons. The van der Waals surface area contributed by atoms with E-state index < -0.39 is 0 Å². The molecule has 0 amide bonds. The second-order valence-electron chi connectivity index (χ2n) is 10.2. The molecule has 0 fully saturated rings. The first kappa shape index (κ1) is 18.0. The van der Waals surface area contributed by atoms with Crippen molar-refractivity contribution in [2.24, 2.45) is 0 Å². The summed E-state index contributed by atoms with van der Waals surface area (Å²) in [7, 11) is 0. The predicted molar refractivity (Wildman–Crippen MR) is 146 cm³/mol. The molecule has 35 heavy (non-hydrogen) atoms. The SMILES string of the molecule is c1ccc2c(c1)Cc1cc3c4cc5c(cc4n4cc6ccccc6c4c3cc1-2)-c1ccccc1C5. The quantitative estimate of drug-likeness (QED) is 0.207. The molecule has 1 heteroatoms. The van der Waals surface area contributed by atoms with E-state index >= 15 is 0 Å². The van der Waals surface area contributed by atoms with Gasteiger partial charge in [-0.15, -0.1) is 0 Å². The van der Waals surface area contributed by atoms with Crippen molar-refractivity contribution in [3.63, 3.8) is 0 Å². The summed E-state index contributed by atoms with van der Waals surface area (Å²) in [5.74, 6) is 0. The third kappa shape index (κ3) is 2.24. The highest BCUT2D eigenvalue weighted by Gasteiger charge is 2.24. The lowest BCUT2D eigenvalue weighted by Gasteiger charge is -2.14. The average molecular weight is 444 g/mol. The number of hydrogen-bond donors (Lipinski definition) is 0. The number of fused-ring (bicyclic) bond motifs is 14. The van der Waals surface area contributed by atoms with Crippen molar-refractivity contribution in [1.29, 1.82) is 0 Å². The molecule has 1 nitrogen and oxygen atoms in total. The van der Waals surface area contributed by atoms with Gasteiger partial charge in [0.1, 0.15) is 0 Å². The molecule has 0 saturated heterocycles. The highest BCUT2D eigenvalue weighted by Crippen LogP contribution is 2.45. The van der Waals surface area contributed by atoms with Crippen LogP contribution in [-0.2, 0) is 12.8 Å². The number of pyridine rings is 1. The minimum Gasteiger partial charge on any atom is -0.315 e. The number of aromatic nitrogens is 1. The van der Waals surface area contributed by atoms with Gasteiger partial charge in [0.2, 0.25) is 0 Å². The highest BCUT2D eigenvalue weighted by atomic mass is 14.9. The zero-order valence-corrected chi connectivity index (χ0v) is 19.2. The summed E-state index contributed by atoms with van der Waals surface area (Å²) < 4.78 is 2.46. The van der Waals surface area contributed by atoms with E-state index in [0.717, 1.165) is 12.8 Å². The third-order valence-corrected chi connectivity index (χ3v) is 8.37. The number of benzene rings is 5. The van der Waals surface area contributed by atoms with E-state index in [1.807, 2.05) is 0 Å². The minimum atomic E-state index is 1.02. The predicted octanol–water partition coefficient (Wildman–Crippen LogP) is 8.54. The van der Waals surface area contributed by atoms with Gasteiger partial charge in [-0.3, -0.25) is 0 Å². The van der Waals surface area contributed by atoms with Crippen LogP contribution < -0.4 is 0 Å².